The fraction of sp³-hybridized carbons (Fsp3) is 0.571. The molecule has 0 saturated carbocycles. The first kappa shape index (κ1) is 14.5. The Bertz CT molecular complexity index is 321. The SMILES string of the molecule is CCCCC(Cc1c(F)cccc1Cl)NCC. The van der Waals surface area contributed by atoms with Gasteiger partial charge >= 0.3 is 0 Å². The van der Waals surface area contributed by atoms with E-state index in [1.54, 1.807) is 12.1 Å². The Kier molecular flexibility index (Phi) is 6.53. The van der Waals surface area contributed by atoms with Crippen LogP contribution in [0, 0.1) is 5.82 Å². The van der Waals surface area contributed by atoms with Gasteiger partial charge in [-0.25, -0.2) is 4.39 Å². The van der Waals surface area contributed by atoms with Crippen LogP contribution < -0.4 is 5.32 Å². The van der Waals surface area contributed by atoms with Gasteiger partial charge in [-0.3, -0.25) is 0 Å². The van der Waals surface area contributed by atoms with E-state index in [-0.39, 0.29) is 5.82 Å². The first-order valence-electron chi connectivity index (χ1n) is 6.35. The van der Waals surface area contributed by atoms with Gasteiger partial charge in [-0.2, -0.15) is 0 Å². The number of benzene rings is 1. The molecule has 1 atom stereocenters. The van der Waals surface area contributed by atoms with Gasteiger partial charge in [0.05, 0.1) is 0 Å². The third-order valence-corrected chi connectivity index (χ3v) is 3.27. The lowest BCUT2D eigenvalue weighted by Gasteiger charge is -2.18. The third-order valence-electron chi connectivity index (χ3n) is 2.91. The second-order valence-electron chi connectivity index (χ2n) is 4.30. The van der Waals surface area contributed by atoms with Crippen LogP contribution in [-0.4, -0.2) is 12.6 Å². The minimum Gasteiger partial charge on any atom is -0.314 e. The van der Waals surface area contributed by atoms with Crippen molar-refractivity contribution in [3.63, 3.8) is 0 Å². The van der Waals surface area contributed by atoms with Crippen LogP contribution in [0.3, 0.4) is 0 Å². The van der Waals surface area contributed by atoms with Crippen LogP contribution in [0.1, 0.15) is 38.7 Å². The average molecular weight is 258 g/mol. The van der Waals surface area contributed by atoms with Gasteiger partial charge in [0.25, 0.3) is 0 Å². The van der Waals surface area contributed by atoms with Crippen LogP contribution >= 0.6 is 11.6 Å². The molecule has 1 rings (SSSR count). The summed E-state index contributed by atoms with van der Waals surface area (Å²) in [7, 11) is 0. The summed E-state index contributed by atoms with van der Waals surface area (Å²) < 4.78 is 13.7. The van der Waals surface area contributed by atoms with E-state index in [1.807, 2.05) is 0 Å². The molecule has 17 heavy (non-hydrogen) atoms. The van der Waals surface area contributed by atoms with E-state index in [4.69, 9.17) is 11.6 Å². The molecule has 1 N–H and O–H groups in total. The summed E-state index contributed by atoms with van der Waals surface area (Å²) in [5, 5.41) is 3.93. The molecule has 0 radical (unpaired) electrons. The van der Waals surface area contributed by atoms with E-state index in [2.05, 4.69) is 19.2 Å². The number of rotatable bonds is 7. The monoisotopic (exact) mass is 257 g/mol. The van der Waals surface area contributed by atoms with E-state index < -0.39 is 0 Å². The molecule has 0 aromatic heterocycles. The number of hydrogen-bond donors (Lipinski definition) is 1. The Morgan fingerprint density at radius 1 is 1.35 bits per heavy atom. The van der Waals surface area contributed by atoms with Crippen molar-refractivity contribution in [2.24, 2.45) is 0 Å². The Morgan fingerprint density at radius 2 is 2.12 bits per heavy atom. The number of halogens is 2. The van der Waals surface area contributed by atoms with Crippen LogP contribution in [0.2, 0.25) is 5.02 Å². The van der Waals surface area contributed by atoms with Gasteiger partial charge < -0.3 is 5.32 Å². The second kappa shape index (κ2) is 7.67. The molecule has 0 amide bonds. The normalized spacial score (nSPS) is 12.7. The van der Waals surface area contributed by atoms with Crippen LogP contribution in [0.15, 0.2) is 18.2 Å². The van der Waals surface area contributed by atoms with Gasteiger partial charge in [0.2, 0.25) is 0 Å². The smallest absolute Gasteiger partial charge is 0.127 e. The van der Waals surface area contributed by atoms with Crippen LogP contribution in [0.5, 0.6) is 0 Å². The summed E-state index contributed by atoms with van der Waals surface area (Å²) in [5.74, 6) is -0.197. The molecule has 3 heteroatoms. The Labute approximate surface area is 108 Å². The lowest BCUT2D eigenvalue weighted by molar-refractivity contribution is 0.464. The van der Waals surface area contributed by atoms with Crippen molar-refractivity contribution >= 4 is 11.6 Å². The topological polar surface area (TPSA) is 12.0 Å². The Morgan fingerprint density at radius 3 is 2.71 bits per heavy atom. The van der Waals surface area contributed by atoms with Crippen molar-refractivity contribution in [3.8, 4) is 0 Å². The van der Waals surface area contributed by atoms with Crippen molar-refractivity contribution < 1.29 is 4.39 Å². The van der Waals surface area contributed by atoms with E-state index in [9.17, 15) is 4.39 Å². The van der Waals surface area contributed by atoms with Crippen molar-refractivity contribution in [1.29, 1.82) is 0 Å². The molecule has 1 aromatic carbocycles. The summed E-state index contributed by atoms with van der Waals surface area (Å²) in [4.78, 5) is 0. The summed E-state index contributed by atoms with van der Waals surface area (Å²) in [6, 6.07) is 5.19. The first-order valence-corrected chi connectivity index (χ1v) is 6.73. The highest BCUT2D eigenvalue weighted by Crippen LogP contribution is 2.21. The largest absolute Gasteiger partial charge is 0.314 e. The van der Waals surface area contributed by atoms with Crippen molar-refractivity contribution in [1.82, 2.24) is 5.32 Å². The molecule has 1 unspecified atom stereocenters. The number of hydrogen-bond acceptors (Lipinski definition) is 1. The standard InChI is InChI=1S/C14H21ClFN/c1-3-5-7-11(17-4-2)10-12-13(15)8-6-9-14(12)16/h6,8-9,11,17H,3-5,7,10H2,1-2H3. The van der Waals surface area contributed by atoms with Gasteiger partial charge in [0, 0.05) is 16.6 Å². The zero-order valence-corrected chi connectivity index (χ0v) is 11.4. The zero-order chi connectivity index (χ0) is 12.7. The van der Waals surface area contributed by atoms with Gasteiger partial charge in [0.1, 0.15) is 5.82 Å². The minimum absolute atomic E-state index is 0.197. The maximum atomic E-state index is 13.7. The highest BCUT2D eigenvalue weighted by atomic mass is 35.5. The molecule has 0 aliphatic carbocycles. The minimum atomic E-state index is -0.197. The fourth-order valence-electron chi connectivity index (χ4n) is 1.99. The molecule has 0 aliphatic rings. The van der Waals surface area contributed by atoms with Crippen LogP contribution in [0.25, 0.3) is 0 Å². The summed E-state index contributed by atoms with van der Waals surface area (Å²) in [6.07, 6.45) is 4.05. The molecule has 0 aliphatic heterocycles. The Hall–Kier alpha value is -0.600. The van der Waals surface area contributed by atoms with E-state index in [0.717, 1.165) is 25.8 Å². The predicted octanol–water partition coefficient (Wildman–Crippen LogP) is 4.19. The highest BCUT2D eigenvalue weighted by Gasteiger charge is 2.13. The zero-order valence-electron chi connectivity index (χ0n) is 10.6. The van der Waals surface area contributed by atoms with Crippen molar-refractivity contribution in [2.45, 2.75) is 45.6 Å². The van der Waals surface area contributed by atoms with Crippen LogP contribution in [0.4, 0.5) is 4.39 Å². The number of likely N-dealkylation sites (N-methyl/N-ethyl adjacent to an activating group) is 1. The lowest BCUT2D eigenvalue weighted by Crippen LogP contribution is -2.31. The molecular weight excluding hydrogens is 237 g/mol. The van der Waals surface area contributed by atoms with Gasteiger partial charge in [-0.15, -0.1) is 0 Å². The summed E-state index contributed by atoms with van der Waals surface area (Å²) >= 11 is 6.04. The second-order valence-corrected chi connectivity index (χ2v) is 4.71. The van der Waals surface area contributed by atoms with Gasteiger partial charge in [0.15, 0.2) is 0 Å². The van der Waals surface area contributed by atoms with E-state index >= 15 is 0 Å². The lowest BCUT2D eigenvalue weighted by atomic mass is 10.0. The summed E-state index contributed by atoms with van der Waals surface area (Å²) in [5.41, 5.74) is 0.635. The maximum Gasteiger partial charge on any atom is 0.127 e. The first-order chi connectivity index (χ1) is 8.19. The molecule has 0 bridgehead atoms. The number of unbranched alkanes of at least 4 members (excludes halogenated alkanes) is 1. The fourth-order valence-corrected chi connectivity index (χ4v) is 2.23. The summed E-state index contributed by atoms with van der Waals surface area (Å²) in [6.45, 7) is 5.14. The van der Waals surface area contributed by atoms with Crippen LogP contribution in [-0.2, 0) is 6.42 Å². The highest BCUT2D eigenvalue weighted by molar-refractivity contribution is 6.31. The van der Waals surface area contributed by atoms with Gasteiger partial charge in [-0.1, -0.05) is 44.4 Å². The molecule has 0 heterocycles. The maximum absolute atomic E-state index is 13.7. The van der Waals surface area contributed by atoms with Crippen molar-refractivity contribution in [3.05, 3.63) is 34.6 Å². The Balaban J connectivity index is 2.70. The third kappa shape index (κ3) is 4.64. The van der Waals surface area contributed by atoms with E-state index in [0.29, 0.717) is 23.0 Å². The predicted molar refractivity (Wildman–Crippen MR) is 72.1 cm³/mol. The van der Waals surface area contributed by atoms with Gasteiger partial charge in [-0.05, 0) is 31.5 Å². The molecule has 1 nitrogen and oxygen atoms in total. The molecule has 0 saturated heterocycles. The molecule has 0 spiro atoms. The molecule has 1 aromatic rings. The molecular formula is C14H21ClFN. The molecule has 0 fully saturated rings. The molecule has 96 valence electrons. The number of nitrogens with one attached hydrogen (secondary N) is 1. The van der Waals surface area contributed by atoms with E-state index in [1.165, 1.54) is 6.07 Å². The van der Waals surface area contributed by atoms with Crippen molar-refractivity contribution in [2.75, 3.05) is 6.54 Å². The average Bonchev–Trinajstić information content (AvgIpc) is 2.31. The quantitative estimate of drug-likeness (QED) is 0.772.